The Kier molecular flexibility index (Phi) is 10.6. The van der Waals surface area contributed by atoms with Crippen LogP contribution < -0.4 is 14.5 Å². The highest BCUT2D eigenvalue weighted by molar-refractivity contribution is 6.09. The Balaban J connectivity index is 1.10. The fourth-order valence-electron chi connectivity index (χ4n) is 10.6. The molecule has 1 aliphatic rings. The van der Waals surface area contributed by atoms with Crippen LogP contribution in [0, 0.1) is 41.5 Å². The smallest absolute Gasteiger partial charge is 0.158 e. The number of pyridine rings is 2. The number of rotatable bonds is 7. The van der Waals surface area contributed by atoms with Gasteiger partial charge in [0, 0.05) is 52.1 Å². The highest BCUT2D eigenvalue weighted by Crippen LogP contribution is 2.52. The van der Waals surface area contributed by atoms with E-state index in [0.29, 0.717) is 6.67 Å². The number of hydrogen-bond acceptors (Lipinski definition) is 5. The molecule has 10 rings (SSSR count). The summed E-state index contributed by atoms with van der Waals surface area (Å²) in [6.45, 7) is 27.7. The third-order valence-electron chi connectivity index (χ3n) is 13.6. The fourth-order valence-corrected chi connectivity index (χ4v) is 10.6. The van der Waals surface area contributed by atoms with Crippen LogP contribution in [0.1, 0.15) is 86.1 Å². The minimum Gasteiger partial charge on any atom is -0.457 e. The van der Waals surface area contributed by atoms with E-state index >= 15 is 0 Å². The molecule has 0 saturated heterocycles. The fraction of sp³-hybridized carbons (Fsp3) is 0.246. The topological polar surface area (TPSA) is 46.4 Å². The number of aryl methyl sites for hydroxylation is 6. The van der Waals surface area contributed by atoms with E-state index in [-0.39, 0.29) is 10.8 Å². The highest BCUT2D eigenvalue weighted by Gasteiger charge is 2.35. The van der Waals surface area contributed by atoms with Crippen molar-refractivity contribution in [1.82, 2.24) is 14.5 Å². The zero-order valence-corrected chi connectivity index (χ0v) is 41.1. The summed E-state index contributed by atoms with van der Waals surface area (Å²) in [6, 6.07) is 46.2. The van der Waals surface area contributed by atoms with Crippen molar-refractivity contribution in [3.05, 3.63) is 184 Å². The van der Waals surface area contributed by atoms with Gasteiger partial charge in [0.25, 0.3) is 0 Å². The molecule has 9 aromatic rings. The van der Waals surface area contributed by atoms with Crippen LogP contribution in [0.2, 0.25) is 0 Å². The molecule has 0 fully saturated rings. The average Bonchev–Trinajstić information content (AvgIpc) is 3.81. The normalized spacial score (nSPS) is 13.0. The van der Waals surface area contributed by atoms with Gasteiger partial charge in [-0.15, -0.1) is 0 Å². The number of fused-ring (bicyclic) bond motifs is 4. The predicted octanol–water partition coefficient (Wildman–Crippen LogP) is 16.4. The van der Waals surface area contributed by atoms with Crippen LogP contribution in [0.4, 0.5) is 22.9 Å². The molecule has 0 atom stereocenters. The first-order chi connectivity index (χ1) is 31.9. The maximum Gasteiger partial charge on any atom is 0.158 e. The first-order valence-corrected chi connectivity index (χ1v) is 23.6. The van der Waals surface area contributed by atoms with Crippen LogP contribution in [0.5, 0.6) is 11.5 Å². The predicted molar refractivity (Wildman–Crippen MR) is 282 cm³/mol. The summed E-state index contributed by atoms with van der Waals surface area (Å²) in [5.41, 5.74) is 20.4. The van der Waals surface area contributed by atoms with E-state index in [2.05, 4.69) is 213 Å². The van der Waals surface area contributed by atoms with E-state index in [1.165, 1.54) is 77.8 Å². The minimum atomic E-state index is -0.0932. The number of para-hydroxylation sites is 1. The van der Waals surface area contributed by atoms with Gasteiger partial charge in [-0.1, -0.05) is 101 Å². The number of hydrogen-bond donors (Lipinski definition) is 0. The molecule has 6 heteroatoms. The molecule has 3 aromatic heterocycles. The quantitative estimate of drug-likeness (QED) is 0.160. The lowest BCUT2D eigenvalue weighted by Gasteiger charge is -2.31. The van der Waals surface area contributed by atoms with Gasteiger partial charge in [-0.05, 0) is 164 Å². The van der Waals surface area contributed by atoms with Crippen LogP contribution in [0.15, 0.2) is 140 Å². The maximum atomic E-state index is 6.83. The maximum absolute atomic E-state index is 6.83. The van der Waals surface area contributed by atoms with E-state index in [9.17, 15) is 0 Å². The summed E-state index contributed by atoms with van der Waals surface area (Å²) in [5, 5.41) is 2.34. The summed E-state index contributed by atoms with van der Waals surface area (Å²) in [4.78, 5) is 14.9. The lowest BCUT2D eigenvalue weighted by Crippen LogP contribution is -2.26. The number of aromatic nitrogens is 3. The molecule has 6 nitrogen and oxygen atoms in total. The average molecular weight is 880 g/mol. The number of benzene rings is 6. The third kappa shape index (κ3) is 7.82. The Hall–Kier alpha value is -7.18. The van der Waals surface area contributed by atoms with Crippen LogP contribution in [-0.2, 0) is 10.8 Å². The number of ether oxygens (including phenoxy) is 1. The zero-order valence-electron chi connectivity index (χ0n) is 41.1. The van der Waals surface area contributed by atoms with Crippen molar-refractivity contribution >= 4 is 44.7 Å². The van der Waals surface area contributed by atoms with Crippen LogP contribution in [-0.4, -0.2) is 21.2 Å². The molecule has 1 aliphatic heterocycles. The summed E-state index contributed by atoms with van der Waals surface area (Å²) < 4.78 is 9.10. The van der Waals surface area contributed by atoms with Gasteiger partial charge >= 0.3 is 0 Å². The Morgan fingerprint density at radius 2 is 1.10 bits per heavy atom. The van der Waals surface area contributed by atoms with Crippen LogP contribution >= 0.6 is 0 Å². The highest BCUT2D eigenvalue weighted by atomic mass is 16.5. The third-order valence-corrected chi connectivity index (χ3v) is 13.6. The Labute approximate surface area is 396 Å². The van der Waals surface area contributed by atoms with Crippen LogP contribution in [0.3, 0.4) is 0 Å². The van der Waals surface area contributed by atoms with Crippen molar-refractivity contribution in [2.24, 2.45) is 0 Å². The minimum absolute atomic E-state index is 0.0154. The van der Waals surface area contributed by atoms with Crippen molar-refractivity contribution in [2.45, 2.75) is 93.9 Å². The zero-order chi connectivity index (χ0) is 47.1. The molecule has 336 valence electrons. The molecule has 67 heavy (non-hydrogen) atoms. The lowest BCUT2D eigenvalue weighted by atomic mass is 9.79. The first-order valence-electron chi connectivity index (χ1n) is 23.6. The molecule has 0 radical (unpaired) electrons. The van der Waals surface area contributed by atoms with Gasteiger partial charge in [0.15, 0.2) is 5.82 Å². The molecule has 4 heterocycles. The SMILES string of the molecule is Cc1cc(C)c(-c2cc(C(C)(C)C)cc(-c3c(C)cc(C)cc3C)c2N2CN(c3cccc(Oc4ccc5c6ccccc6n(-c6cc(C(C)(C)C)ccn6)c5c4)c3)c3cccnc32)c(C)c1. The largest absolute Gasteiger partial charge is 0.457 e. The standard InChI is InChI=1S/C61H61N5O/c1-37-27-39(3)56(40(4)28-37)50-31-44(61(10,11)12)32-51(57-41(5)29-38(2)30-42(57)6)58(50)65-36-64(53-21-16-25-63-59(53)65)45-17-15-18-46(34-45)67-47-22-23-49-48-19-13-14-20-52(48)66(54(49)35-47)55-33-43(24-26-62-55)60(7,8)9/h13-35H,36H2,1-12H3. The monoisotopic (exact) mass is 879 g/mol. The summed E-state index contributed by atoms with van der Waals surface area (Å²) in [7, 11) is 0. The van der Waals surface area contributed by atoms with Gasteiger partial charge in [-0.2, -0.15) is 0 Å². The van der Waals surface area contributed by atoms with E-state index in [4.69, 9.17) is 14.7 Å². The molecule has 0 saturated carbocycles. The summed E-state index contributed by atoms with van der Waals surface area (Å²) >= 11 is 0. The molecule has 0 aliphatic carbocycles. The van der Waals surface area contributed by atoms with Gasteiger partial charge < -0.3 is 14.5 Å². The number of nitrogens with zero attached hydrogens (tertiary/aromatic N) is 5. The summed E-state index contributed by atoms with van der Waals surface area (Å²) in [5.74, 6) is 3.33. The van der Waals surface area contributed by atoms with Gasteiger partial charge in [0.1, 0.15) is 24.0 Å². The van der Waals surface area contributed by atoms with Crippen molar-refractivity contribution in [2.75, 3.05) is 16.5 Å². The van der Waals surface area contributed by atoms with Crippen molar-refractivity contribution in [1.29, 1.82) is 0 Å². The molecular formula is C61H61N5O. The number of anilines is 4. The second-order valence-corrected chi connectivity index (χ2v) is 20.8. The van der Waals surface area contributed by atoms with Gasteiger partial charge in [0.05, 0.1) is 22.4 Å². The second-order valence-electron chi connectivity index (χ2n) is 20.8. The molecule has 0 bridgehead atoms. The molecular weight excluding hydrogens is 819 g/mol. The van der Waals surface area contributed by atoms with Crippen molar-refractivity contribution < 1.29 is 4.74 Å². The van der Waals surface area contributed by atoms with Crippen molar-refractivity contribution in [3.8, 4) is 39.6 Å². The van der Waals surface area contributed by atoms with E-state index in [1.807, 2.05) is 24.5 Å². The van der Waals surface area contributed by atoms with Gasteiger partial charge in [-0.3, -0.25) is 4.57 Å². The first kappa shape index (κ1) is 43.7. The molecule has 0 unspecified atom stereocenters. The van der Waals surface area contributed by atoms with Crippen LogP contribution in [0.25, 0.3) is 49.9 Å². The van der Waals surface area contributed by atoms with E-state index in [0.717, 1.165) is 50.9 Å². The molecule has 0 spiro atoms. The Morgan fingerprint density at radius 1 is 0.493 bits per heavy atom. The Morgan fingerprint density at radius 3 is 1.75 bits per heavy atom. The molecule has 6 aromatic carbocycles. The van der Waals surface area contributed by atoms with E-state index in [1.54, 1.807) is 0 Å². The Bertz CT molecular complexity index is 3290. The molecule has 0 N–H and O–H groups in total. The lowest BCUT2D eigenvalue weighted by molar-refractivity contribution is 0.483. The van der Waals surface area contributed by atoms with E-state index < -0.39 is 0 Å². The molecule has 0 amide bonds. The summed E-state index contributed by atoms with van der Waals surface area (Å²) in [6.07, 6.45) is 3.85. The van der Waals surface area contributed by atoms with Crippen molar-refractivity contribution in [3.63, 3.8) is 0 Å². The van der Waals surface area contributed by atoms with Gasteiger partial charge in [-0.25, -0.2) is 9.97 Å². The second kappa shape index (κ2) is 16.3. The van der Waals surface area contributed by atoms with Gasteiger partial charge in [0.2, 0.25) is 0 Å².